The predicted molar refractivity (Wildman–Crippen MR) is 200 cm³/mol. The van der Waals surface area contributed by atoms with Crippen LogP contribution in [0.1, 0.15) is 77.2 Å². The molecular formula is C41H51F2N5O5. The van der Waals surface area contributed by atoms with E-state index in [1.54, 1.807) is 13.0 Å². The van der Waals surface area contributed by atoms with Crippen molar-refractivity contribution in [2.24, 2.45) is 11.3 Å². The Morgan fingerprint density at radius 3 is 2.55 bits per heavy atom. The van der Waals surface area contributed by atoms with E-state index in [1.165, 1.54) is 25.3 Å². The lowest BCUT2D eigenvalue weighted by molar-refractivity contribution is -0.0203. The van der Waals surface area contributed by atoms with Gasteiger partial charge in [0.05, 0.1) is 19.3 Å². The van der Waals surface area contributed by atoms with Crippen LogP contribution in [0, 0.1) is 23.0 Å². The number of aromatic nitrogens is 3. The van der Waals surface area contributed by atoms with Gasteiger partial charge in [-0.3, -0.25) is 4.90 Å². The summed E-state index contributed by atoms with van der Waals surface area (Å²) < 4.78 is 50.6. The molecule has 2 aromatic carbocycles. The number of anilines is 1. The Labute approximate surface area is 309 Å². The number of aliphatic hydroxyl groups is 1. The molecule has 3 atom stereocenters. The Hall–Kier alpha value is -3.87. The minimum absolute atomic E-state index is 0.0479. The molecule has 0 radical (unpaired) electrons. The van der Waals surface area contributed by atoms with Crippen molar-refractivity contribution < 1.29 is 33.2 Å². The van der Waals surface area contributed by atoms with Crippen LogP contribution in [0.2, 0.25) is 0 Å². The standard InChI is InChI=1S/C41H51F2N5O5/c1-4-28-30(42)10-9-26-20-27(49)21-29(32(26)28)35-34(43)36-33(38(44-35)51-3)37(48-17-6-13-40(2,50)23-48)46-39(45-36)53-24-41-14-5-8-31(41)47(16-7-15-41)22-25-11-18-52-19-12-25/h9-10,20-21,25,31,49-50H,4-8,11-19,22-24H2,1-3H3/t31-,40-,41-/m1/s1. The molecule has 10 nitrogen and oxygen atoms in total. The monoisotopic (exact) mass is 731 g/mol. The normalized spacial score (nSPS) is 25.6. The number of methoxy groups -OCH3 is 1. The zero-order chi connectivity index (χ0) is 36.9. The van der Waals surface area contributed by atoms with Crippen molar-refractivity contribution in [1.82, 2.24) is 19.9 Å². The summed E-state index contributed by atoms with van der Waals surface area (Å²) in [5.74, 6) is -0.174. The fourth-order valence-corrected chi connectivity index (χ4v) is 9.86. The van der Waals surface area contributed by atoms with Gasteiger partial charge in [-0.1, -0.05) is 19.4 Å². The molecule has 12 heteroatoms. The van der Waals surface area contributed by atoms with Crippen LogP contribution in [0.15, 0.2) is 24.3 Å². The van der Waals surface area contributed by atoms with E-state index in [0.717, 1.165) is 71.2 Å². The first-order valence-electron chi connectivity index (χ1n) is 19.4. The molecule has 1 saturated carbocycles. The van der Waals surface area contributed by atoms with Gasteiger partial charge in [-0.15, -0.1) is 0 Å². The number of hydrogen-bond acceptors (Lipinski definition) is 10. The van der Waals surface area contributed by atoms with E-state index in [4.69, 9.17) is 24.2 Å². The summed E-state index contributed by atoms with van der Waals surface area (Å²) in [5, 5.41) is 23.2. The molecule has 1 aliphatic carbocycles. The predicted octanol–water partition coefficient (Wildman–Crippen LogP) is 7.19. The molecule has 2 N–H and O–H groups in total. The minimum Gasteiger partial charge on any atom is -0.508 e. The highest BCUT2D eigenvalue weighted by molar-refractivity contribution is 6.03. The lowest BCUT2D eigenvalue weighted by Crippen LogP contribution is -2.53. The highest BCUT2D eigenvalue weighted by Crippen LogP contribution is 2.49. The van der Waals surface area contributed by atoms with E-state index in [1.807, 2.05) is 11.8 Å². The van der Waals surface area contributed by atoms with Crippen LogP contribution in [0.5, 0.6) is 17.6 Å². The quantitative estimate of drug-likeness (QED) is 0.184. The minimum atomic E-state index is -0.983. The van der Waals surface area contributed by atoms with E-state index in [0.29, 0.717) is 66.5 Å². The van der Waals surface area contributed by atoms with E-state index >= 15 is 8.78 Å². The highest BCUT2D eigenvalue weighted by Gasteiger charge is 2.49. The molecule has 3 saturated heterocycles. The lowest BCUT2D eigenvalue weighted by Gasteiger charge is -2.47. The topological polar surface area (TPSA) is 113 Å². The maximum atomic E-state index is 17.3. The number of piperidine rings is 2. The number of hydrogen-bond donors (Lipinski definition) is 2. The second-order valence-corrected chi connectivity index (χ2v) is 16.0. The Kier molecular flexibility index (Phi) is 9.82. The van der Waals surface area contributed by atoms with Crippen LogP contribution >= 0.6 is 0 Å². The van der Waals surface area contributed by atoms with Crippen LogP contribution in [-0.4, -0.2) is 94.8 Å². The van der Waals surface area contributed by atoms with Gasteiger partial charge in [-0.05, 0) is 112 Å². The van der Waals surface area contributed by atoms with E-state index < -0.39 is 17.2 Å². The molecule has 0 unspecified atom stereocenters. The molecule has 3 aliphatic heterocycles. The van der Waals surface area contributed by atoms with Gasteiger partial charge in [0.1, 0.15) is 34.0 Å². The maximum Gasteiger partial charge on any atom is 0.319 e. The summed E-state index contributed by atoms with van der Waals surface area (Å²) in [5.41, 5.74) is -0.586. The van der Waals surface area contributed by atoms with Gasteiger partial charge in [0, 0.05) is 49.9 Å². The fraction of sp³-hybridized carbons (Fsp3) is 0.585. The average Bonchev–Trinajstić information content (AvgIpc) is 3.59. The van der Waals surface area contributed by atoms with Gasteiger partial charge < -0.3 is 29.3 Å². The summed E-state index contributed by atoms with van der Waals surface area (Å²) in [6.45, 7) is 8.73. The summed E-state index contributed by atoms with van der Waals surface area (Å²) >= 11 is 0. The van der Waals surface area contributed by atoms with Crippen molar-refractivity contribution >= 4 is 27.5 Å². The van der Waals surface area contributed by atoms with Crippen molar-refractivity contribution in [3.8, 4) is 28.9 Å². The lowest BCUT2D eigenvalue weighted by atomic mass is 9.75. The third-order valence-electron chi connectivity index (χ3n) is 12.4. The third-order valence-corrected chi connectivity index (χ3v) is 12.4. The number of rotatable bonds is 9. The van der Waals surface area contributed by atoms with Crippen molar-refractivity contribution in [2.45, 2.75) is 89.7 Å². The van der Waals surface area contributed by atoms with Crippen molar-refractivity contribution in [2.75, 3.05) is 58.0 Å². The first kappa shape index (κ1) is 36.1. The zero-order valence-corrected chi connectivity index (χ0v) is 31.1. The van der Waals surface area contributed by atoms with Crippen LogP contribution < -0.4 is 14.4 Å². The molecule has 53 heavy (non-hydrogen) atoms. The van der Waals surface area contributed by atoms with Gasteiger partial charge in [-0.2, -0.15) is 9.97 Å². The SMILES string of the molecule is CCc1c(F)ccc2cc(O)cc(-c3nc(OC)c4c(N5CCC[C@@](C)(O)C5)nc(OC[C@]56CCC[C@H]5N(CC5CCOCC5)CCC6)nc4c3F)c12. The fourth-order valence-electron chi connectivity index (χ4n) is 9.86. The third kappa shape index (κ3) is 6.76. The van der Waals surface area contributed by atoms with Gasteiger partial charge in [0.2, 0.25) is 5.88 Å². The van der Waals surface area contributed by atoms with Crippen LogP contribution in [0.4, 0.5) is 14.6 Å². The molecule has 4 fully saturated rings. The average molecular weight is 732 g/mol. The Morgan fingerprint density at radius 2 is 1.77 bits per heavy atom. The molecule has 284 valence electrons. The summed E-state index contributed by atoms with van der Waals surface area (Å²) in [6.07, 6.45) is 9.33. The van der Waals surface area contributed by atoms with Gasteiger partial charge in [0.25, 0.3) is 0 Å². The Bertz CT molecular complexity index is 2010. The number of halogens is 2. The maximum absolute atomic E-state index is 17.3. The number of benzene rings is 2. The largest absolute Gasteiger partial charge is 0.508 e. The molecule has 4 aliphatic rings. The highest BCUT2D eigenvalue weighted by atomic mass is 19.1. The molecule has 0 spiro atoms. The van der Waals surface area contributed by atoms with Crippen molar-refractivity contribution in [1.29, 1.82) is 0 Å². The molecule has 0 amide bonds. The van der Waals surface area contributed by atoms with E-state index in [-0.39, 0.29) is 51.8 Å². The summed E-state index contributed by atoms with van der Waals surface area (Å²) in [4.78, 5) is 19.0. The number of phenols is 1. The number of nitrogens with zero attached hydrogens (tertiary/aromatic N) is 5. The number of aromatic hydroxyl groups is 1. The van der Waals surface area contributed by atoms with Gasteiger partial charge >= 0.3 is 6.01 Å². The second kappa shape index (κ2) is 14.4. The van der Waals surface area contributed by atoms with Gasteiger partial charge in [-0.25, -0.2) is 13.8 Å². The van der Waals surface area contributed by atoms with E-state index in [9.17, 15) is 10.2 Å². The Balaban J connectivity index is 1.23. The van der Waals surface area contributed by atoms with Crippen LogP contribution in [0.3, 0.4) is 0 Å². The number of ether oxygens (including phenoxy) is 3. The summed E-state index contributed by atoms with van der Waals surface area (Å²) in [7, 11) is 1.45. The van der Waals surface area contributed by atoms with Crippen LogP contribution in [0.25, 0.3) is 32.9 Å². The molecule has 4 aromatic rings. The molecular weight excluding hydrogens is 680 g/mol. The number of likely N-dealkylation sites (tertiary alicyclic amines) is 1. The number of phenolic OH excluding ortho intramolecular Hbond substituents is 1. The second-order valence-electron chi connectivity index (χ2n) is 16.0. The molecule has 8 rings (SSSR count). The first-order valence-corrected chi connectivity index (χ1v) is 19.4. The van der Waals surface area contributed by atoms with Gasteiger partial charge in [0.15, 0.2) is 5.82 Å². The van der Waals surface area contributed by atoms with Crippen molar-refractivity contribution in [3.63, 3.8) is 0 Å². The molecule has 2 aromatic heterocycles. The van der Waals surface area contributed by atoms with Crippen molar-refractivity contribution in [3.05, 3.63) is 41.5 Å². The number of β-amino-alcohol motifs (C(OH)–C–C–N with tert-alkyl or cyclic N) is 1. The van der Waals surface area contributed by atoms with E-state index in [2.05, 4.69) is 9.88 Å². The zero-order valence-electron chi connectivity index (χ0n) is 31.1. The molecule has 0 bridgehead atoms. The molecule has 5 heterocycles. The first-order chi connectivity index (χ1) is 25.6. The Morgan fingerprint density at radius 1 is 0.981 bits per heavy atom. The number of fused-ring (bicyclic) bond motifs is 3. The van der Waals surface area contributed by atoms with Crippen LogP contribution in [-0.2, 0) is 11.2 Å². The summed E-state index contributed by atoms with van der Waals surface area (Å²) in [6, 6.07) is 6.33. The number of pyridine rings is 1. The number of aryl methyl sites for hydroxylation is 1. The smallest absolute Gasteiger partial charge is 0.319 e.